The first-order chi connectivity index (χ1) is 12.2. The molecular formula is C21H25Cl2NO2. The van der Waals surface area contributed by atoms with Gasteiger partial charge in [0, 0.05) is 18.4 Å². The predicted molar refractivity (Wildman–Crippen MR) is 109 cm³/mol. The van der Waals surface area contributed by atoms with Crippen molar-refractivity contribution in [3.63, 3.8) is 0 Å². The summed E-state index contributed by atoms with van der Waals surface area (Å²) in [6.07, 6.45) is 3.66. The topological polar surface area (TPSA) is 38.3 Å². The number of rotatable bonds is 7. The Bertz CT molecular complexity index is 719. The third-order valence-electron chi connectivity index (χ3n) is 4.52. The van der Waals surface area contributed by atoms with Crippen LogP contribution in [-0.2, 0) is 24.1 Å². The number of Topliss-reactive ketones (excluding diaryl/α,β-unsaturated/α-hetero) is 1. The second-order valence-corrected chi connectivity index (χ2v) is 6.82. The van der Waals surface area contributed by atoms with Crippen molar-refractivity contribution in [2.75, 3.05) is 19.7 Å². The van der Waals surface area contributed by atoms with Gasteiger partial charge in [-0.2, -0.15) is 0 Å². The molecule has 1 heterocycles. The number of nitrogens with one attached hydrogen (secondary N) is 1. The molecule has 0 aromatic heterocycles. The first kappa shape index (κ1) is 20.8. The van der Waals surface area contributed by atoms with Crippen LogP contribution in [0.1, 0.15) is 29.5 Å². The van der Waals surface area contributed by atoms with Crippen molar-refractivity contribution in [2.45, 2.75) is 32.1 Å². The monoisotopic (exact) mass is 393 g/mol. The zero-order chi connectivity index (χ0) is 17.5. The largest absolute Gasteiger partial charge is 0.492 e. The van der Waals surface area contributed by atoms with E-state index in [0.717, 1.165) is 37.2 Å². The molecule has 140 valence electrons. The maximum Gasteiger partial charge on any atom is 0.141 e. The number of ether oxygens (including phenoxy) is 1. The molecule has 3 rings (SSSR count). The van der Waals surface area contributed by atoms with Gasteiger partial charge < -0.3 is 10.1 Å². The van der Waals surface area contributed by atoms with Crippen molar-refractivity contribution in [3.8, 4) is 5.75 Å². The number of fused-ring (bicyclic) bond motifs is 1. The van der Waals surface area contributed by atoms with Crippen LogP contribution >= 0.6 is 24.0 Å². The molecule has 0 atom stereocenters. The average molecular weight is 394 g/mol. The van der Waals surface area contributed by atoms with Gasteiger partial charge in [0.2, 0.25) is 0 Å². The van der Waals surface area contributed by atoms with Crippen LogP contribution in [0.25, 0.3) is 0 Å². The van der Waals surface area contributed by atoms with Gasteiger partial charge in [-0.1, -0.05) is 48.0 Å². The van der Waals surface area contributed by atoms with Crippen LogP contribution < -0.4 is 10.1 Å². The molecule has 0 saturated carbocycles. The molecule has 1 aliphatic rings. The Kier molecular flexibility index (Phi) is 8.43. The summed E-state index contributed by atoms with van der Waals surface area (Å²) >= 11 is 6.35. The maximum absolute atomic E-state index is 12.1. The summed E-state index contributed by atoms with van der Waals surface area (Å²) in [5, 5.41) is 4.07. The molecule has 2 aromatic carbocycles. The van der Waals surface area contributed by atoms with E-state index in [9.17, 15) is 4.79 Å². The molecule has 0 radical (unpaired) electrons. The molecule has 5 heteroatoms. The SMILES string of the molecule is Cl.O=C(CCCOc1c(Cl)ccc2c1CCNCC2)Cc1ccccc1. The summed E-state index contributed by atoms with van der Waals surface area (Å²) in [5.74, 6) is 1.05. The molecule has 3 nitrogen and oxygen atoms in total. The highest BCUT2D eigenvalue weighted by molar-refractivity contribution is 6.32. The Hall–Kier alpha value is -1.55. The molecule has 0 unspecified atom stereocenters. The lowest BCUT2D eigenvalue weighted by Crippen LogP contribution is -2.16. The van der Waals surface area contributed by atoms with Crippen molar-refractivity contribution in [1.82, 2.24) is 5.32 Å². The van der Waals surface area contributed by atoms with E-state index in [1.165, 1.54) is 11.1 Å². The summed E-state index contributed by atoms with van der Waals surface area (Å²) in [6.45, 7) is 2.45. The Morgan fingerprint density at radius 1 is 1.08 bits per heavy atom. The molecule has 1 aliphatic heterocycles. The van der Waals surface area contributed by atoms with Crippen LogP contribution in [0.15, 0.2) is 42.5 Å². The lowest BCUT2D eigenvalue weighted by molar-refractivity contribution is -0.118. The van der Waals surface area contributed by atoms with E-state index in [1.54, 1.807) is 0 Å². The van der Waals surface area contributed by atoms with Crippen molar-refractivity contribution in [2.24, 2.45) is 0 Å². The van der Waals surface area contributed by atoms with E-state index in [1.807, 2.05) is 36.4 Å². The summed E-state index contributed by atoms with van der Waals surface area (Å²) in [4.78, 5) is 12.1. The third-order valence-corrected chi connectivity index (χ3v) is 4.82. The van der Waals surface area contributed by atoms with E-state index >= 15 is 0 Å². The smallest absolute Gasteiger partial charge is 0.141 e. The zero-order valence-corrected chi connectivity index (χ0v) is 16.4. The van der Waals surface area contributed by atoms with Gasteiger partial charge in [0.05, 0.1) is 11.6 Å². The number of carbonyl (C=O) groups is 1. The van der Waals surface area contributed by atoms with Crippen LogP contribution in [0.2, 0.25) is 5.02 Å². The first-order valence-electron chi connectivity index (χ1n) is 8.93. The normalized spacial score (nSPS) is 13.3. The van der Waals surface area contributed by atoms with Crippen LogP contribution in [0.4, 0.5) is 0 Å². The molecular weight excluding hydrogens is 369 g/mol. The van der Waals surface area contributed by atoms with Crippen molar-refractivity contribution in [1.29, 1.82) is 0 Å². The fourth-order valence-corrected chi connectivity index (χ4v) is 3.45. The first-order valence-corrected chi connectivity index (χ1v) is 9.31. The highest BCUT2D eigenvalue weighted by Crippen LogP contribution is 2.33. The van der Waals surface area contributed by atoms with Crippen LogP contribution in [0, 0.1) is 0 Å². The minimum absolute atomic E-state index is 0. The molecule has 0 bridgehead atoms. The molecule has 0 spiro atoms. The molecule has 0 aliphatic carbocycles. The standard InChI is InChI=1S/C21H24ClNO2.ClH/c22-20-9-8-17-10-12-23-13-11-19(17)21(20)25-14-4-7-18(24)15-16-5-2-1-3-6-16;/h1-3,5-6,8-9,23H,4,7,10-15H2;1H. The van der Waals surface area contributed by atoms with E-state index < -0.39 is 0 Å². The third kappa shape index (κ3) is 5.73. The predicted octanol–water partition coefficient (Wildman–Crippen LogP) is 4.42. The van der Waals surface area contributed by atoms with Gasteiger partial charge in [0.25, 0.3) is 0 Å². The van der Waals surface area contributed by atoms with E-state index in [0.29, 0.717) is 30.9 Å². The lowest BCUT2D eigenvalue weighted by Gasteiger charge is -2.15. The fourth-order valence-electron chi connectivity index (χ4n) is 3.22. The van der Waals surface area contributed by atoms with Gasteiger partial charge in [-0.3, -0.25) is 4.79 Å². The van der Waals surface area contributed by atoms with Gasteiger partial charge >= 0.3 is 0 Å². The van der Waals surface area contributed by atoms with Crippen LogP contribution in [0.5, 0.6) is 5.75 Å². The molecule has 26 heavy (non-hydrogen) atoms. The molecule has 2 aromatic rings. The van der Waals surface area contributed by atoms with Crippen LogP contribution in [-0.4, -0.2) is 25.5 Å². The van der Waals surface area contributed by atoms with Crippen molar-refractivity contribution >= 4 is 29.8 Å². The average Bonchev–Trinajstić information content (AvgIpc) is 2.86. The number of halogens is 2. The van der Waals surface area contributed by atoms with E-state index in [4.69, 9.17) is 16.3 Å². The van der Waals surface area contributed by atoms with Crippen LogP contribution in [0.3, 0.4) is 0 Å². The van der Waals surface area contributed by atoms with Crippen molar-refractivity contribution in [3.05, 3.63) is 64.2 Å². The summed E-state index contributed by atoms with van der Waals surface area (Å²) in [5.41, 5.74) is 3.59. The number of hydrogen-bond donors (Lipinski definition) is 1. The van der Waals surface area contributed by atoms with Gasteiger partial charge in [-0.25, -0.2) is 0 Å². The summed E-state index contributed by atoms with van der Waals surface area (Å²) in [7, 11) is 0. The number of benzene rings is 2. The van der Waals surface area contributed by atoms with Gasteiger partial charge in [-0.05, 0) is 49.5 Å². The number of carbonyl (C=O) groups excluding carboxylic acids is 1. The molecule has 0 fully saturated rings. The fraction of sp³-hybridized carbons (Fsp3) is 0.381. The van der Waals surface area contributed by atoms with Gasteiger partial charge in [-0.15, -0.1) is 12.4 Å². The number of hydrogen-bond acceptors (Lipinski definition) is 3. The second kappa shape index (κ2) is 10.6. The summed E-state index contributed by atoms with van der Waals surface area (Å²) in [6, 6.07) is 13.9. The Morgan fingerprint density at radius 3 is 2.65 bits per heavy atom. The minimum atomic E-state index is 0. The lowest BCUT2D eigenvalue weighted by atomic mass is 10.0. The Balaban J connectivity index is 0.00000243. The van der Waals surface area contributed by atoms with E-state index in [-0.39, 0.29) is 18.2 Å². The highest BCUT2D eigenvalue weighted by atomic mass is 35.5. The Morgan fingerprint density at radius 2 is 1.85 bits per heavy atom. The van der Waals surface area contributed by atoms with E-state index in [2.05, 4.69) is 11.4 Å². The quantitative estimate of drug-likeness (QED) is 0.707. The maximum atomic E-state index is 12.1. The van der Waals surface area contributed by atoms with Gasteiger partial charge in [0.15, 0.2) is 0 Å². The zero-order valence-electron chi connectivity index (χ0n) is 14.8. The summed E-state index contributed by atoms with van der Waals surface area (Å²) < 4.78 is 5.98. The minimum Gasteiger partial charge on any atom is -0.492 e. The molecule has 1 N–H and O–H groups in total. The highest BCUT2D eigenvalue weighted by Gasteiger charge is 2.16. The number of ketones is 1. The van der Waals surface area contributed by atoms with Gasteiger partial charge in [0.1, 0.15) is 11.5 Å². The second-order valence-electron chi connectivity index (χ2n) is 6.42. The van der Waals surface area contributed by atoms with Crippen molar-refractivity contribution < 1.29 is 9.53 Å². The Labute approximate surface area is 166 Å². The molecule has 0 saturated heterocycles. The molecule has 0 amide bonds.